The van der Waals surface area contributed by atoms with Gasteiger partial charge in [-0.3, -0.25) is 0 Å². The molecule has 1 N–H and O–H groups in total. The summed E-state index contributed by atoms with van der Waals surface area (Å²) in [5.74, 6) is -3.63. The van der Waals surface area contributed by atoms with Gasteiger partial charge in [-0.15, -0.1) is 74.6 Å². The quantitative estimate of drug-likeness (QED) is 0.179. The number of carbonyl (C=O) groups is 1. The van der Waals surface area contributed by atoms with Crippen molar-refractivity contribution < 1.29 is 131 Å². The Hall–Kier alpha value is -2.18. The van der Waals surface area contributed by atoms with E-state index < -0.39 is 62.5 Å². The molecule has 29 heteroatoms. The Balaban J connectivity index is 5.42. The molecule has 39 heavy (non-hydrogen) atoms. The van der Waals surface area contributed by atoms with Crippen molar-refractivity contribution >= 4 is 5.97 Å². The third-order valence-corrected chi connectivity index (χ3v) is 2.16. The van der Waals surface area contributed by atoms with Gasteiger partial charge < -0.3 is 5.11 Å². The fraction of sp³-hybridized carbons (Fsp3) is 0.900. The van der Waals surface area contributed by atoms with Crippen LogP contribution >= 0.6 is 0 Å². The van der Waals surface area contributed by atoms with Crippen LogP contribution in [0.4, 0.5) is 83.4 Å². The molecule has 0 radical (unpaired) electrons. The summed E-state index contributed by atoms with van der Waals surface area (Å²) in [7, 11) is 0. The van der Waals surface area contributed by atoms with E-state index in [-0.39, 0.29) is 0 Å². The Labute approximate surface area is 195 Å². The number of hydrogen-bond acceptors (Lipinski definition) is 9. The molecule has 0 aromatic rings. The van der Waals surface area contributed by atoms with Crippen LogP contribution in [0.3, 0.4) is 0 Å². The molecule has 0 saturated carbocycles. The molecular weight excluding hydrogens is 641 g/mol. The first-order chi connectivity index (χ1) is 16.6. The summed E-state index contributed by atoms with van der Waals surface area (Å²) in [6, 6.07) is 0. The van der Waals surface area contributed by atoms with E-state index in [9.17, 15) is 88.2 Å². The lowest BCUT2D eigenvalue weighted by molar-refractivity contribution is -0.645. The molecule has 0 amide bonds. The van der Waals surface area contributed by atoms with Crippen LogP contribution in [0.1, 0.15) is 0 Å². The average molecular weight is 642 g/mol. The monoisotopic (exact) mass is 642 g/mol. The minimum Gasteiger partial charge on any atom is -0.475 e. The summed E-state index contributed by atoms with van der Waals surface area (Å²) in [5, 5.41) is 7.75. The van der Waals surface area contributed by atoms with Gasteiger partial charge in [-0.2, -0.15) is 13.5 Å². The van der Waals surface area contributed by atoms with Crippen molar-refractivity contribution in [2.45, 2.75) is 56.5 Å². The van der Waals surface area contributed by atoms with Crippen molar-refractivity contribution in [3.05, 3.63) is 0 Å². The fourth-order valence-electron chi connectivity index (χ4n) is 1.30. The first-order valence-electron chi connectivity index (χ1n) is 7.53. The highest BCUT2D eigenvalue weighted by Gasteiger charge is 2.64. The highest BCUT2D eigenvalue weighted by Crippen LogP contribution is 2.42. The topological polar surface area (TPSA) is 111 Å². The summed E-state index contributed by atoms with van der Waals surface area (Å²) in [6.07, 6.45) is -60.6. The highest BCUT2D eigenvalue weighted by molar-refractivity contribution is 5.73. The molecule has 0 aromatic carbocycles. The van der Waals surface area contributed by atoms with Crippen LogP contribution in [0.2, 0.25) is 0 Å². The van der Waals surface area contributed by atoms with Gasteiger partial charge in [-0.1, -0.05) is 0 Å². The summed E-state index contributed by atoms with van der Waals surface area (Å²) in [5.41, 5.74) is 0. The molecular formula is C10HF19O10. The van der Waals surface area contributed by atoms with Gasteiger partial charge in [0.1, 0.15) is 0 Å². The van der Waals surface area contributed by atoms with E-state index >= 15 is 0 Å². The van der Waals surface area contributed by atoms with Crippen molar-refractivity contribution in [2.24, 2.45) is 0 Å². The van der Waals surface area contributed by atoms with Crippen molar-refractivity contribution in [3.8, 4) is 0 Å². The maximum Gasteiger partial charge on any atom is 0.529 e. The number of carboxylic acid groups (broad SMARTS) is 1. The Morgan fingerprint density at radius 2 is 0.538 bits per heavy atom. The molecule has 0 bridgehead atoms. The second kappa shape index (κ2) is 11.0. The summed E-state index contributed by atoms with van der Waals surface area (Å²) < 4.78 is 253. The van der Waals surface area contributed by atoms with Crippen LogP contribution in [0, 0.1) is 0 Å². The highest BCUT2D eigenvalue weighted by atomic mass is 19.4. The Morgan fingerprint density at radius 3 is 0.718 bits per heavy atom. The molecule has 0 aliphatic rings. The lowest BCUT2D eigenvalue weighted by Crippen LogP contribution is -2.50. The minimum absolute atomic E-state index is 1.56. The van der Waals surface area contributed by atoms with Crippen molar-refractivity contribution in [1.29, 1.82) is 0 Å². The molecule has 0 saturated heterocycles. The van der Waals surface area contributed by atoms with Gasteiger partial charge in [0.25, 0.3) is 0 Å². The van der Waals surface area contributed by atoms with Crippen molar-refractivity contribution in [3.63, 3.8) is 0 Å². The molecule has 0 atom stereocenters. The number of carboxylic acids is 1. The Bertz CT molecular complexity index is 841. The number of hydrogen-bond donors (Lipinski definition) is 1. The molecule has 0 rings (SSSR count). The van der Waals surface area contributed by atoms with Gasteiger partial charge in [-0.25, -0.2) is 38.0 Å². The predicted molar refractivity (Wildman–Crippen MR) is 61.9 cm³/mol. The lowest BCUT2D eigenvalue weighted by Gasteiger charge is -2.29. The molecule has 0 heterocycles. The zero-order valence-electron chi connectivity index (χ0n) is 16.3. The maximum atomic E-state index is 13.0. The fourth-order valence-corrected chi connectivity index (χ4v) is 1.30. The third-order valence-electron chi connectivity index (χ3n) is 2.16. The normalized spacial score (nSPS) is 15.6. The average Bonchev–Trinajstić information content (AvgIpc) is 2.41. The molecule has 0 spiro atoms. The molecule has 0 unspecified atom stereocenters. The predicted octanol–water partition coefficient (Wildman–Crippen LogP) is 5.17. The van der Waals surface area contributed by atoms with Gasteiger partial charge in [0, 0.05) is 0 Å². The third kappa shape index (κ3) is 15.3. The Kier molecular flexibility index (Phi) is 10.4. The van der Waals surface area contributed by atoms with Gasteiger partial charge in [0.2, 0.25) is 0 Å². The molecule has 0 aliphatic heterocycles. The zero-order chi connectivity index (χ0) is 31.7. The second-order valence-corrected chi connectivity index (χ2v) is 5.33. The van der Waals surface area contributed by atoms with Crippen LogP contribution in [0.25, 0.3) is 0 Å². The summed E-state index contributed by atoms with van der Waals surface area (Å²) >= 11 is 0. The van der Waals surface area contributed by atoms with E-state index in [0.717, 1.165) is 0 Å². The van der Waals surface area contributed by atoms with Crippen LogP contribution in [-0.2, 0) is 42.7 Å². The molecule has 0 aromatic heterocycles. The van der Waals surface area contributed by atoms with E-state index in [1.54, 1.807) is 33.2 Å². The van der Waals surface area contributed by atoms with E-state index in [2.05, 4.69) is 0 Å². The molecule has 0 fully saturated rings. The first kappa shape index (κ1) is 36.8. The lowest BCUT2D eigenvalue weighted by atomic mass is 10.6. The number of alkyl halides is 19. The van der Waals surface area contributed by atoms with Gasteiger partial charge in [-0.05, 0) is 0 Å². The van der Waals surface area contributed by atoms with Gasteiger partial charge >= 0.3 is 62.5 Å². The zero-order valence-corrected chi connectivity index (χ0v) is 16.3. The van der Waals surface area contributed by atoms with E-state index in [1.807, 2.05) is 4.74 Å². The van der Waals surface area contributed by atoms with Crippen LogP contribution in [-0.4, -0.2) is 67.6 Å². The van der Waals surface area contributed by atoms with E-state index in [4.69, 9.17) is 5.11 Å². The SMILES string of the molecule is O=C(O)C(F)(F)OC(F)(F)OC(F)(F)OC(F)(F)OC(F)(F)OC(F)(F)OC(F)(F)OC(F)(F)OC(F)(F)F. The Morgan fingerprint density at radius 1 is 0.359 bits per heavy atom. The smallest absolute Gasteiger partial charge is 0.475 e. The molecule has 0 aliphatic carbocycles. The minimum atomic E-state index is -7.01. The first-order valence-corrected chi connectivity index (χ1v) is 7.53. The molecule has 234 valence electrons. The number of halogens is 19. The van der Waals surface area contributed by atoms with Crippen LogP contribution < -0.4 is 0 Å². The number of ether oxygens (including phenoxy) is 8. The number of aliphatic carboxylic acids is 1. The van der Waals surface area contributed by atoms with Crippen LogP contribution in [0.15, 0.2) is 0 Å². The molecule has 10 nitrogen and oxygen atoms in total. The van der Waals surface area contributed by atoms with Crippen molar-refractivity contribution in [2.75, 3.05) is 0 Å². The second-order valence-electron chi connectivity index (χ2n) is 5.33. The largest absolute Gasteiger partial charge is 0.529 e. The van der Waals surface area contributed by atoms with Crippen LogP contribution in [0.5, 0.6) is 0 Å². The summed E-state index contributed by atoms with van der Waals surface area (Å²) in [6.45, 7) is 0. The standard InChI is InChI=1S/C10HF19O10/c11-2(12,1(30)31)32-4(16,17)34-6(20,21)36-8(24,25)38-10(28,29)39-9(26,27)37-7(22,23)35-5(18,19)33-3(13,14)15/h(H,30,31). The van der Waals surface area contributed by atoms with Gasteiger partial charge in [0.05, 0.1) is 0 Å². The summed E-state index contributed by atoms with van der Waals surface area (Å²) in [4.78, 5) is 9.84. The van der Waals surface area contributed by atoms with E-state index in [1.165, 1.54) is 0 Å². The van der Waals surface area contributed by atoms with Crippen molar-refractivity contribution in [1.82, 2.24) is 0 Å². The maximum absolute atomic E-state index is 13.0. The van der Waals surface area contributed by atoms with E-state index in [0.29, 0.717) is 0 Å². The number of rotatable bonds is 16. The van der Waals surface area contributed by atoms with Gasteiger partial charge in [0.15, 0.2) is 0 Å².